The number of aliphatic hydroxyl groups excluding tert-OH is 1. The number of hydrogen-bond donors (Lipinski definition) is 1. The maximum absolute atomic E-state index is 14.1. The number of rotatable bonds is 5. The summed E-state index contributed by atoms with van der Waals surface area (Å²) < 4.78 is 6.55. The number of carbonyl (C=O) groups is 3. The van der Waals surface area contributed by atoms with Crippen molar-refractivity contribution in [3.05, 3.63) is 24.3 Å². The number of likely N-dealkylation sites (tertiary alicyclic amines) is 1. The molecule has 4 heterocycles. The SMILES string of the molecule is CC[C@H](C)[C@H](CO)N1C(=O)[C@@H]2[C@@H]3C(=O)N(C)CC=C[C@@H]3O[C@@]23C=CCN(C(C)C)C(=O)C13. The van der Waals surface area contributed by atoms with Crippen LogP contribution in [-0.4, -0.2) is 94.1 Å². The molecule has 8 heteroatoms. The molecule has 7 atom stereocenters. The van der Waals surface area contributed by atoms with Crippen LogP contribution in [0.5, 0.6) is 0 Å². The summed E-state index contributed by atoms with van der Waals surface area (Å²) in [7, 11) is 1.72. The van der Waals surface area contributed by atoms with E-state index in [0.717, 1.165) is 6.42 Å². The summed E-state index contributed by atoms with van der Waals surface area (Å²) in [5, 5.41) is 10.3. The van der Waals surface area contributed by atoms with Crippen LogP contribution in [0.1, 0.15) is 34.1 Å². The molecule has 0 radical (unpaired) electrons. The van der Waals surface area contributed by atoms with Crippen molar-refractivity contribution in [3.63, 3.8) is 0 Å². The third-order valence-corrected chi connectivity index (χ3v) is 7.80. The van der Waals surface area contributed by atoms with E-state index in [1.54, 1.807) is 21.7 Å². The van der Waals surface area contributed by atoms with Crippen molar-refractivity contribution in [2.24, 2.45) is 17.8 Å². The second-order valence-corrected chi connectivity index (χ2v) is 9.86. The molecule has 3 amide bonds. The molecule has 0 saturated carbocycles. The Morgan fingerprint density at radius 2 is 1.84 bits per heavy atom. The third kappa shape index (κ3) is 3.14. The highest BCUT2D eigenvalue weighted by Gasteiger charge is 2.72. The Morgan fingerprint density at radius 1 is 1.12 bits per heavy atom. The molecule has 0 aromatic rings. The van der Waals surface area contributed by atoms with E-state index in [1.165, 1.54) is 0 Å². The molecular formula is C24H35N3O5. The van der Waals surface area contributed by atoms with E-state index in [4.69, 9.17) is 4.74 Å². The highest BCUT2D eigenvalue weighted by molar-refractivity contribution is 6.00. The van der Waals surface area contributed by atoms with E-state index in [0.29, 0.717) is 13.1 Å². The van der Waals surface area contributed by atoms with E-state index < -0.39 is 35.6 Å². The van der Waals surface area contributed by atoms with Crippen molar-refractivity contribution in [1.29, 1.82) is 0 Å². The lowest BCUT2D eigenvalue weighted by Crippen LogP contribution is -2.60. The number of aliphatic hydroxyl groups is 1. The van der Waals surface area contributed by atoms with Crippen LogP contribution in [-0.2, 0) is 19.1 Å². The summed E-state index contributed by atoms with van der Waals surface area (Å²) in [6.07, 6.45) is 7.66. The molecule has 0 aliphatic carbocycles. The number of ether oxygens (including phenoxy) is 1. The largest absolute Gasteiger partial charge is 0.394 e. The predicted molar refractivity (Wildman–Crippen MR) is 118 cm³/mol. The molecule has 0 aromatic heterocycles. The Balaban J connectivity index is 1.89. The van der Waals surface area contributed by atoms with Gasteiger partial charge in [0.25, 0.3) is 0 Å². The first-order valence-corrected chi connectivity index (χ1v) is 11.7. The molecule has 1 unspecified atom stereocenters. The minimum absolute atomic E-state index is 0.0180. The zero-order chi connectivity index (χ0) is 23.4. The lowest BCUT2D eigenvalue weighted by Gasteiger charge is -2.41. The number of fused-ring (bicyclic) bond motifs is 2. The van der Waals surface area contributed by atoms with Crippen molar-refractivity contribution >= 4 is 17.7 Å². The second-order valence-electron chi connectivity index (χ2n) is 9.86. The number of amides is 3. The van der Waals surface area contributed by atoms with E-state index in [9.17, 15) is 19.5 Å². The van der Waals surface area contributed by atoms with Crippen molar-refractivity contribution in [3.8, 4) is 0 Å². The third-order valence-electron chi connectivity index (χ3n) is 7.80. The Labute approximate surface area is 189 Å². The van der Waals surface area contributed by atoms with Crippen molar-refractivity contribution in [2.45, 2.75) is 63.9 Å². The van der Waals surface area contributed by atoms with Gasteiger partial charge in [-0.3, -0.25) is 14.4 Å². The summed E-state index contributed by atoms with van der Waals surface area (Å²) in [6.45, 7) is 8.49. The smallest absolute Gasteiger partial charge is 0.249 e. The van der Waals surface area contributed by atoms with Crippen LogP contribution in [0.3, 0.4) is 0 Å². The van der Waals surface area contributed by atoms with Gasteiger partial charge in [0.05, 0.1) is 30.6 Å². The van der Waals surface area contributed by atoms with Crippen LogP contribution in [0.15, 0.2) is 24.3 Å². The summed E-state index contributed by atoms with van der Waals surface area (Å²) >= 11 is 0. The highest BCUT2D eigenvalue weighted by atomic mass is 16.5. The molecule has 8 nitrogen and oxygen atoms in total. The van der Waals surface area contributed by atoms with Gasteiger partial charge in [-0.15, -0.1) is 0 Å². The Kier molecular flexibility index (Phi) is 5.96. The second kappa shape index (κ2) is 8.30. The minimum atomic E-state index is -1.23. The summed E-state index contributed by atoms with van der Waals surface area (Å²) in [6, 6.07) is -1.50. The fourth-order valence-corrected chi connectivity index (χ4v) is 5.86. The van der Waals surface area contributed by atoms with E-state index in [2.05, 4.69) is 0 Å². The van der Waals surface area contributed by atoms with E-state index >= 15 is 0 Å². The Bertz CT molecular complexity index is 855. The van der Waals surface area contributed by atoms with Crippen LogP contribution in [0.2, 0.25) is 0 Å². The van der Waals surface area contributed by atoms with Crippen LogP contribution in [0.4, 0.5) is 0 Å². The average molecular weight is 446 g/mol. The molecule has 176 valence electrons. The van der Waals surface area contributed by atoms with Gasteiger partial charge in [0.15, 0.2) is 0 Å². The van der Waals surface area contributed by atoms with Gasteiger partial charge >= 0.3 is 0 Å². The number of hydrogen-bond acceptors (Lipinski definition) is 5. The van der Waals surface area contributed by atoms with Crippen molar-refractivity contribution in [2.75, 3.05) is 26.7 Å². The van der Waals surface area contributed by atoms with Gasteiger partial charge in [-0.05, 0) is 19.8 Å². The molecule has 1 spiro atoms. The van der Waals surface area contributed by atoms with Gasteiger partial charge in [-0.1, -0.05) is 44.6 Å². The number of nitrogens with zero attached hydrogens (tertiary/aromatic N) is 3. The van der Waals surface area contributed by atoms with Crippen LogP contribution < -0.4 is 0 Å². The minimum Gasteiger partial charge on any atom is -0.394 e. The molecule has 32 heavy (non-hydrogen) atoms. The monoisotopic (exact) mass is 445 g/mol. The molecular weight excluding hydrogens is 410 g/mol. The molecule has 2 fully saturated rings. The molecule has 4 aliphatic heterocycles. The van der Waals surface area contributed by atoms with Gasteiger partial charge in [0.1, 0.15) is 11.6 Å². The van der Waals surface area contributed by atoms with Crippen LogP contribution in [0, 0.1) is 17.8 Å². The normalized spacial score (nSPS) is 36.2. The standard InChI is InChI=1S/C24H35N3O5/c1-6-15(4)16(13-28)27-20-23(31)26(14(2)3)12-8-10-24(20)19(22(27)30)18-17(32-24)9-7-11-25(5)21(18)29/h7-10,14-20,28H,6,11-13H2,1-5H3/t15-,16-,17-,18+,19-,20?,24-/m0/s1. The summed E-state index contributed by atoms with van der Waals surface area (Å²) in [5.41, 5.74) is -1.23. The Hall–Kier alpha value is -2.19. The van der Waals surface area contributed by atoms with Crippen LogP contribution >= 0.6 is 0 Å². The van der Waals surface area contributed by atoms with Gasteiger partial charge in [-0.2, -0.15) is 0 Å². The molecule has 0 bridgehead atoms. The molecule has 1 N–H and O–H groups in total. The zero-order valence-corrected chi connectivity index (χ0v) is 19.6. The summed E-state index contributed by atoms with van der Waals surface area (Å²) in [5.74, 6) is -2.13. The van der Waals surface area contributed by atoms with Gasteiger partial charge < -0.3 is 24.5 Å². The maximum atomic E-state index is 14.1. The predicted octanol–water partition coefficient (Wildman–Crippen LogP) is 0.809. The van der Waals surface area contributed by atoms with Crippen molar-refractivity contribution in [1.82, 2.24) is 14.7 Å². The molecule has 4 rings (SSSR count). The van der Waals surface area contributed by atoms with Crippen LogP contribution in [0.25, 0.3) is 0 Å². The number of likely N-dealkylation sites (N-methyl/N-ethyl adjacent to an activating group) is 1. The van der Waals surface area contributed by atoms with Gasteiger partial charge in [0, 0.05) is 26.2 Å². The first-order chi connectivity index (χ1) is 15.2. The first kappa shape index (κ1) is 23.0. The summed E-state index contributed by atoms with van der Waals surface area (Å²) in [4.78, 5) is 46.2. The number of carbonyl (C=O) groups excluding carboxylic acids is 3. The fraction of sp³-hybridized carbons (Fsp3) is 0.708. The molecule has 2 saturated heterocycles. The van der Waals surface area contributed by atoms with E-state index in [-0.39, 0.29) is 36.3 Å². The fourth-order valence-electron chi connectivity index (χ4n) is 5.86. The highest BCUT2D eigenvalue weighted by Crippen LogP contribution is 2.54. The quantitative estimate of drug-likeness (QED) is 0.633. The lowest BCUT2D eigenvalue weighted by atomic mass is 9.77. The van der Waals surface area contributed by atoms with E-state index in [1.807, 2.05) is 52.0 Å². The van der Waals surface area contributed by atoms with Crippen molar-refractivity contribution < 1.29 is 24.2 Å². The Morgan fingerprint density at radius 3 is 2.47 bits per heavy atom. The average Bonchev–Trinajstić information content (AvgIpc) is 3.08. The van der Waals surface area contributed by atoms with Gasteiger partial charge in [-0.25, -0.2) is 0 Å². The topological polar surface area (TPSA) is 90.4 Å². The van der Waals surface area contributed by atoms with Gasteiger partial charge in [0.2, 0.25) is 17.7 Å². The molecule has 0 aromatic carbocycles. The maximum Gasteiger partial charge on any atom is 0.249 e. The lowest BCUT2D eigenvalue weighted by molar-refractivity contribution is -0.153. The molecule has 4 aliphatic rings. The zero-order valence-electron chi connectivity index (χ0n) is 19.6. The first-order valence-electron chi connectivity index (χ1n) is 11.7.